The second kappa shape index (κ2) is 4.28. The van der Waals surface area contributed by atoms with E-state index >= 15 is 0 Å². The zero-order valence-electron chi connectivity index (χ0n) is 12.5. The number of allylic oxidation sites excluding steroid dienone is 2. The fraction of sp³-hybridized carbons (Fsp3) is 0.312. The molecule has 1 N–H and O–H groups in total. The molecular formula is C16H17N3O2. The minimum atomic E-state index is -0.394. The highest BCUT2D eigenvalue weighted by Crippen LogP contribution is 2.47. The summed E-state index contributed by atoms with van der Waals surface area (Å²) in [6.07, 6.45) is 2.11. The third kappa shape index (κ3) is 1.88. The van der Waals surface area contributed by atoms with Crippen molar-refractivity contribution in [1.29, 1.82) is 0 Å². The Labute approximate surface area is 122 Å². The predicted octanol–water partition coefficient (Wildman–Crippen LogP) is 4.13. The third-order valence-electron chi connectivity index (χ3n) is 3.80. The molecule has 2 aromatic rings. The van der Waals surface area contributed by atoms with Crippen molar-refractivity contribution < 1.29 is 9.90 Å². The summed E-state index contributed by atoms with van der Waals surface area (Å²) in [6, 6.07) is 5.83. The number of aromatic nitrogens is 1. The minimum Gasteiger partial charge on any atom is -0.493 e. The number of hydrogen-bond donors (Lipinski definition) is 1. The van der Waals surface area contributed by atoms with Gasteiger partial charge in [0.2, 0.25) is 5.88 Å². The minimum absolute atomic E-state index is 0.0381. The summed E-state index contributed by atoms with van der Waals surface area (Å²) >= 11 is 0. The van der Waals surface area contributed by atoms with Crippen molar-refractivity contribution in [2.45, 2.75) is 33.2 Å². The molecule has 3 rings (SSSR count). The van der Waals surface area contributed by atoms with Crippen LogP contribution in [0.1, 0.15) is 33.3 Å². The number of nitrogens with zero attached hydrogens (tertiary/aromatic N) is 3. The Balaban J connectivity index is 2.42. The van der Waals surface area contributed by atoms with E-state index in [1.165, 1.54) is 6.92 Å². The number of benzene rings is 1. The number of hydrogen-bond acceptors (Lipinski definition) is 3. The monoisotopic (exact) mass is 283 g/mol. The van der Waals surface area contributed by atoms with Gasteiger partial charge in [-0.1, -0.05) is 24.3 Å². The molecule has 1 aliphatic rings. The van der Waals surface area contributed by atoms with E-state index in [4.69, 9.17) is 0 Å². The molecule has 0 fully saturated rings. The molecule has 1 aromatic heterocycles. The Morgan fingerprint density at radius 3 is 2.71 bits per heavy atom. The first-order valence-electron chi connectivity index (χ1n) is 6.82. The highest BCUT2D eigenvalue weighted by molar-refractivity contribution is 6.02. The van der Waals surface area contributed by atoms with Crippen molar-refractivity contribution in [3.8, 4) is 5.88 Å². The van der Waals surface area contributed by atoms with Crippen LogP contribution in [0.15, 0.2) is 34.5 Å². The van der Waals surface area contributed by atoms with Crippen LogP contribution in [-0.4, -0.2) is 15.6 Å². The number of carbonyl (C=O) groups excluding carboxylic acids is 1. The van der Waals surface area contributed by atoms with Gasteiger partial charge in [-0.25, -0.2) is 0 Å². The first-order valence-corrected chi connectivity index (χ1v) is 6.82. The number of carbonyl (C=O) groups is 1. The molecule has 0 saturated carbocycles. The summed E-state index contributed by atoms with van der Waals surface area (Å²) < 4.78 is 1.85. The van der Waals surface area contributed by atoms with Crippen molar-refractivity contribution in [3.05, 3.63) is 29.8 Å². The van der Waals surface area contributed by atoms with E-state index in [2.05, 4.69) is 23.2 Å². The molecule has 1 aliphatic heterocycles. The number of rotatable bonds is 1. The fourth-order valence-corrected chi connectivity index (χ4v) is 3.08. The summed E-state index contributed by atoms with van der Waals surface area (Å²) in [5.74, 6) is -0.355. The molecule has 1 amide bonds. The van der Waals surface area contributed by atoms with Crippen LogP contribution in [-0.2, 0) is 10.3 Å². The Kier molecular flexibility index (Phi) is 2.76. The molecule has 0 radical (unpaired) electrons. The van der Waals surface area contributed by atoms with Gasteiger partial charge in [0, 0.05) is 17.9 Å². The van der Waals surface area contributed by atoms with Crippen LogP contribution < -0.4 is 0 Å². The summed E-state index contributed by atoms with van der Waals surface area (Å²) in [7, 11) is 0. The smallest absolute Gasteiger partial charge is 0.261 e. The average molecular weight is 283 g/mol. The Bertz CT molecular complexity index is 826. The zero-order valence-corrected chi connectivity index (χ0v) is 12.5. The van der Waals surface area contributed by atoms with Crippen LogP contribution in [0, 0.1) is 0 Å². The second-order valence-electron chi connectivity index (χ2n) is 5.91. The third-order valence-corrected chi connectivity index (χ3v) is 3.80. The van der Waals surface area contributed by atoms with Gasteiger partial charge in [-0.2, -0.15) is 0 Å². The maximum atomic E-state index is 11.0. The number of azo groups is 1. The Morgan fingerprint density at radius 1 is 1.33 bits per heavy atom. The van der Waals surface area contributed by atoms with Gasteiger partial charge in [0.15, 0.2) is 5.69 Å². The lowest BCUT2D eigenvalue weighted by Gasteiger charge is -2.30. The summed E-state index contributed by atoms with van der Waals surface area (Å²) in [4.78, 5) is 11.0. The molecule has 0 aliphatic carbocycles. The maximum Gasteiger partial charge on any atom is 0.261 e. The molecule has 5 heteroatoms. The van der Waals surface area contributed by atoms with Crippen LogP contribution >= 0.6 is 0 Å². The molecule has 1 aromatic carbocycles. The van der Waals surface area contributed by atoms with E-state index in [1.54, 1.807) is 0 Å². The highest BCUT2D eigenvalue weighted by Gasteiger charge is 2.31. The second-order valence-corrected chi connectivity index (χ2v) is 5.91. The number of aromatic hydroxyl groups is 1. The summed E-state index contributed by atoms with van der Waals surface area (Å²) in [5, 5.41) is 18.9. The van der Waals surface area contributed by atoms with Crippen LogP contribution in [0.4, 0.5) is 5.69 Å². The van der Waals surface area contributed by atoms with E-state index in [-0.39, 0.29) is 11.4 Å². The number of para-hydroxylation sites is 1. The summed E-state index contributed by atoms with van der Waals surface area (Å²) in [6.45, 7) is 7.44. The van der Waals surface area contributed by atoms with E-state index in [0.29, 0.717) is 5.69 Å². The van der Waals surface area contributed by atoms with E-state index < -0.39 is 5.91 Å². The van der Waals surface area contributed by atoms with Gasteiger partial charge < -0.3 is 9.67 Å². The lowest BCUT2D eigenvalue weighted by Crippen LogP contribution is -2.26. The Hall–Kier alpha value is -2.43. The molecule has 21 heavy (non-hydrogen) atoms. The average Bonchev–Trinajstić information content (AvgIpc) is 2.67. The topological polar surface area (TPSA) is 66.9 Å². The van der Waals surface area contributed by atoms with Crippen molar-refractivity contribution >= 4 is 28.1 Å². The first-order chi connectivity index (χ1) is 9.83. The largest absolute Gasteiger partial charge is 0.493 e. The van der Waals surface area contributed by atoms with Gasteiger partial charge in [0.25, 0.3) is 5.91 Å². The molecule has 0 unspecified atom stereocenters. The van der Waals surface area contributed by atoms with Crippen LogP contribution in [0.5, 0.6) is 5.88 Å². The normalized spacial score (nSPS) is 16.5. The SMILES string of the molecule is CC(=O)N=Nc1c(O)n2c3c(cccc13)C(C)=CC2(C)C. The number of amides is 1. The van der Waals surface area contributed by atoms with Crippen molar-refractivity contribution in [1.82, 2.24) is 4.57 Å². The lowest BCUT2D eigenvalue weighted by atomic mass is 9.92. The van der Waals surface area contributed by atoms with E-state index in [0.717, 1.165) is 22.0 Å². The van der Waals surface area contributed by atoms with Gasteiger partial charge in [0.05, 0.1) is 11.1 Å². The lowest BCUT2D eigenvalue weighted by molar-refractivity contribution is -0.116. The molecule has 0 bridgehead atoms. The fourth-order valence-electron chi connectivity index (χ4n) is 3.08. The highest BCUT2D eigenvalue weighted by atomic mass is 16.3. The van der Waals surface area contributed by atoms with E-state index in [1.807, 2.05) is 36.6 Å². The molecule has 2 heterocycles. The quantitative estimate of drug-likeness (QED) is 0.799. The van der Waals surface area contributed by atoms with Gasteiger partial charge in [0.1, 0.15) is 0 Å². The van der Waals surface area contributed by atoms with Gasteiger partial charge in [-0.3, -0.25) is 4.79 Å². The van der Waals surface area contributed by atoms with Crippen LogP contribution in [0.25, 0.3) is 16.5 Å². The molecule has 5 nitrogen and oxygen atoms in total. The molecule has 108 valence electrons. The van der Waals surface area contributed by atoms with Gasteiger partial charge in [-0.05, 0) is 26.3 Å². The van der Waals surface area contributed by atoms with Crippen molar-refractivity contribution in [3.63, 3.8) is 0 Å². The zero-order chi connectivity index (χ0) is 15.4. The predicted molar refractivity (Wildman–Crippen MR) is 81.8 cm³/mol. The standard InChI is InChI=1S/C16H17N3O2/c1-9-8-16(3,4)19-14-11(9)6-5-7-12(14)13(15(19)21)18-17-10(2)20/h5-8,21H,1-4H3. The van der Waals surface area contributed by atoms with Crippen LogP contribution in [0.3, 0.4) is 0 Å². The molecule has 0 spiro atoms. The molecular weight excluding hydrogens is 266 g/mol. The van der Waals surface area contributed by atoms with Crippen molar-refractivity contribution in [2.75, 3.05) is 0 Å². The first kappa shape index (κ1) is 13.5. The van der Waals surface area contributed by atoms with Crippen LogP contribution in [0.2, 0.25) is 0 Å². The molecule has 0 saturated heterocycles. The van der Waals surface area contributed by atoms with Gasteiger partial charge >= 0.3 is 0 Å². The van der Waals surface area contributed by atoms with Gasteiger partial charge in [-0.15, -0.1) is 10.2 Å². The maximum absolute atomic E-state index is 11.0. The Morgan fingerprint density at radius 2 is 2.05 bits per heavy atom. The van der Waals surface area contributed by atoms with Crippen molar-refractivity contribution in [2.24, 2.45) is 10.2 Å². The van der Waals surface area contributed by atoms with E-state index in [9.17, 15) is 9.90 Å². The summed E-state index contributed by atoms with van der Waals surface area (Å²) in [5.41, 5.74) is 3.12. The molecule has 0 atom stereocenters.